The van der Waals surface area contributed by atoms with Crippen LogP contribution in [0.4, 0.5) is 0 Å². The summed E-state index contributed by atoms with van der Waals surface area (Å²) in [6, 6.07) is 16.7. The number of benzene rings is 1. The van der Waals surface area contributed by atoms with E-state index in [0.717, 1.165) is 43.2 Å². The van der Waals surface area contributed by atoms with E-state index in [4.69, 9.17) is 9.47 Å². The van der Waals surface area contributed by atoms with Crippen molar-refractivity contribution in [1.29, 1.82) is 0 Å². The number of ether oxygens (including phenoxy) is 2. The lowest BCUT2D eigenvalue weighted by molar-refractivity contribution is 0.217. The molecule has 3 heterocycles. The standard InChI is InChI=1S/C22H25N3O2/c1-26-19-13-17(14-20(15-19)27-2)22-21-8-5-10-24(21)11-6-12-25(22)16-18-7-3-4-9-23-18/h3-5,7-10,13-15,22H,6,11-12,16H2,1-2H3. The molecule has 0 bridgehead atoms. The normalized spacial score (nSPS) is 17.2. The van der Waals surface area contributed by atoms with Gasteiger partial charge in [0, 0.05) is 43.8 Å². The predicted molar refractivity (Wildman–Crippen MR) is 105 cm³/mol. The molecule has 140 valence electrons. The first-order valence-electron chi connectivity index (χ1n) is 9.30. The van der Waals surface area contributed by atoms with Gasteiger partial charge in [-0.15, -0.1) is 0 Å². The predicted octanol–water partition coefficient (Wildman–Crippen LogP) is 3.90. The minimum absolute atomic E-state index is 0.119. The minimum Gasteiger partial charge on any atom is -0.497 e. The van der Waals surface area contributed by atoms with E-state index in [1.54, 1.807) is 14.2 Å². The van der Waals surface area contributed by atoms with Crippen molar-refractivity contribution in [2.45, 2.75) is 25.6 Å². The van der Waals surface area contributed by atoms with Crippen LogP contribution in [0.2, 0.25) is 0 Å². The Morgan fingerprint density at radius 3 is 2.52 bits per heavy atom. The molecule has 1 aromatic carbocycles. The van der Waals surface area contributed by atoms with Gasteiger partial charge in [-0.05, 0) is 48.4 Å². The molecule has 5 nitrogen and oxygen atoms in total. The van der Waals surface area contributed by atoms with E-state index in [-0.39, 0.29) is 6.04 Å². The van der Waals surface area contributed by atoms with Crippen molar-refractivity contribution in [3.05, 3.63) is 77.9 Å². The number of pyridine rings is 1. The fraction of sp³-hybridized carbons (Fsp3) is 0.318. The van der Waals surface area contributed by atoms with Crippen LogP contribution in [0.5, 0.6) is 11.5 Å². The SMILES string of the molecule is COc1cc(OC)cc(C2c3cccn3CCCN2Cc2ccccn2)c1. The molecule has 0 saturated heterocycles. The summed E-state index contributed by atoms with van der Waals surface area (Å²) in [6.07, 6.45) is 5.13. The zero-order valence-electron chi connectivity index (χ0n) is 15.8. The summed E-state index contributed by atoms with van der Waals surface area (Å²) in [4.78, 5) is 7.04. The van der Waals surface area contributed by atoms with E-state index < -0.39 is 0 Å². The van der Waals surface area contributed by atoms with Crippen molar-refractivity contribution in [2.75, 3.05) is 20.8 Å². The zero-order chi connectivity index (χ0) is 18.6. The molecule has 0 aliphatic carbocycles. The first-order valence-corrected chi connectivity index (χ1v) is 9.30. The maximum atomic E-state index is 5.52. The number of aromatic nitrogens is 2. The van der Waals surface area contributed by atoms with E-state index in [9.17, 15) is 0 Å². The molecule has 1 aliphatic heterocycles. The number of nitrogens with zero attached hydrogens (tertiary/aromatic N) is 3. The molecule has 0 amide bonds. The van der Waals surface area contributed by atoms with Gasteiger partial charge in [0.15, 0.2) is 0 Å². The highest BCUT2D eigenvalue weighted by Gasteiger charge is 2.28. The Morgan fingerprint density at radius 2 is 1.81 bits per heavy atom. The van der Waals surface area contributed by atoms with Crippen molar-refractivity contribution in [2.24, 2.45) is 0 Å². The van der Waals surface area contributed by atoms with Crippen molar-refractivity contribution in [3.8, 4) is 11.5 Å². The zero-order valence-corrected chi connectivity index (χ0v) is 15.8. The molecule has 4 rings (SSSR count). The lowest BCUT2D eigenvalue weighted by Gasteiger charge is -2.30. The third-order valence-corrected chi connectivity index (χ3v) is 5.14. The first kappa shape index (κ1) is 17.6. The van der Waals surface area contributed by atoms with Crippen LogP contribution >= 0.6 is 0 Å². The molecule has 27 heavy (non-hydrogen) atoms. The number of aryl methyl sites for hydroxylation is 1. The number of rotatable bonds is 5. The molecule has 5 heteroatoms. The van der Waals surface area contributed by atoms with Crippen molar-refractivity contribution >= 4 is 0 Å². The Morgan fingerprint density at radius 1 is 1.00 bits per heavy atom. The fourth-order valence-electron chi connectivity index (χ4n) is 3.88. The van der Waals surface area contributed by atoms with Crippen LogP contribution in [0, 0.1) is 0 Å². The van der Waals surface area contributed by atoms with Gasteiger partial charge in [-0.3, -0.25) is 9.88 Å². The second-order valence-electron chi connectivity index (χ2n) is 6.82. The quantitative estimate of drug-likeness (QED) is 0.689. The molecule has 1 aliphatic rings. The van der Waals surface area contributed by atoms with E-state index in [0.29, 0.717) is 0 Å². The molecule has 0 radical (unpaired) electrons. The van der Waals surface area contributed by atoms with Crippen LogP contribution in [0.25, 0.3) is 0 Å². The summed E-state index contributed by atoms with van der Waals surface area (Å²) in [5, 5.41) is 0. The number of methoxy groups -OCH3 is 2. The summed E-state index contributed by atoms with van der Waals surface area (Å²) in [5.41, 5.74) is 3.54. The number of hydrogen-bond acceptors (Lipinski definition) is 4. The largest absolute Gasteiger partial charge is 0.497 e. The van der Waals surface area contributed by atoms with E-state index >= 15 is 0 Å². The molecule has 2 aromatic heterocycles. The molecule has 0 saturated carbocycles. The third kappa shape index (κ3) is 3.69. The van der Waals surface area contributed by atoms with Crippen molar-refractivity contribution in [1.82, 2.24) is 14.5 Å². The first-order chi connectivity index (χ1) is 13.3. The smallest absolute Gasteiger partial charge is 0.122 e. The monoisotopic (exact) mass is 363 g/mol. The molecule has 1 atom stereocenters. The Bertz CT molecular complexity index is 869. The summed E-state index contributed by atoms with van der Waals surface area (Å²) < 4.78 is 13.4. The van der Waals surface area contributed by atoms with Crippen LogP contribution in [0.3, 0.4) is 0 Å². The molecular formula is C22H25N3O2. The Balaban J connectivity index is 1.79. The highest BCUT2D eigenvalue weighted by molar-refractivity contribution is 5.42. The van der Waals surface area contributed by atoms with Crippen molar-refractivity contribution in [3.63, 3.8) is 0 Å². The summed E-state index contributed by atoms with van der Waals surface area (Å²) in [5.74, 6) is 1.62. The number of fused-ring (bicyclic) bond motifs is 1. The van der Waals surface area contributed by atoms with Gasteiger partial charge < -0.3 is 14.0 Å². The highest BCUT2D eigenvalue weighted by atomic mass is 16.5. The molecule has 1 unspecified atom stereocenters. The van der Waals surface area contributed by atoms with E-state index in [1.165, 1.54) is 11.3 Å². The van der Waals surface area contributed by atoms with Gasteiger partial charge in [-0.2, -0.15) is 0 Å². The molecule has 3 aromatic rings. The van der Waals surface area contributed by atoms with Crippen LogP contribution < -0.4 is 9.47 Å². The van der Waals surface area contributed by atoms with Crippen molar-refractivity contribution < 1.29 is 9.47 Å². The second-order valence-corrected chi connectivity index (χ2v) is 6.82. The fourth-order valence-corrected chi connectivity index (χ4v) is 3.88. The van der Waals surface area contributed by atoms with Gasteiger partial charge in [0.25, 0.3) is 0 Å². The molecule has 0 N–H and O–H groups in total. The number of hydrogen-bond donors (Lipinski definition) is 0. The van der Waals surface area contributed by atoms with Gasteiger partial charge >= 0.3 is 0 Å². The highest BCUT2D eigenvalue weighted by Crippen LogP contribution is 2.36. The second kappa shape index (κ2) is 7.84. The van der Waals surface area contributed by atoms with E-state index in [1.807, 2.05) is 24.4 Å². The Labute approximate surface area is 160 Å². The third-order valence-electron chi connectivity index (χ3n) is 5.14. The van der Waals surface area contributed by atoms with Crippen LogP contribution in [0.1, 0.15) is 29.4 Å². The molecular weight excluding hydrogens is 338 g/mol. The van der Waals surface area contributed by atoms with E-state index in [2.05, 4.69) is 51.0 Å². The lowest BCUT2D eigenvalue weighted by atomic mass is 10.0. The van der Waals surface area contributed by atoms with Crippen LogP contribution in [-0.2, 0) is 13.1 Å². The summed E-state index contributed by atoms with van der Waals surface area (Å²) >= 11 is 0. The summed E-state index contributed by atoms with van der Waals surface area (Å²) in [7, 11) is 3.39. The minimum atomic E-state index is 0.119. The topological polar surface area (TPSA) is 39.5 Å². The average Bonchev–Trinajstić information content (AvgIpc) is 3.09. The van der Waals surface area contributed by atoms with Gasteiger partial charge in [0.1, 0.15) is 11.5 Å². The molecule has 0 spiro atoms. The van der Waals surface area contributed by atoms with Gasteiger partial charge in [-0.1, -0.05) is 6.07 Å². The maximum absolute atomic E-state index is 5.52. The average molecular weight is 363 g/mol. The van der Waals surface area contributed by atoms with Gasteiger partial charge in [-0.25, -0.2) is 0 Å². The van der Waals surface area contributed by atoms with Crippen LogP contribution in [0.15, 0.2) is 60.9 Å². The van der Waals surface area contributed by atoms with Gasteiger partial charge in [0.05, 0.1) is 26.0 Å². The van der Waals surface area contributed by atoms with Crippen LogP contribution in [-0.4, -0.2) is 35.2 Å². The lowest BCUT2D eigenvalue weighted by Crippen LogP contribution is -2.29. The summed E-state index contributed by atoms with van der Waals surface area (Å²) in [6.45, 7) is 2.83. The Kier molecular flexibility index (Phi) is 5.12. The molecule has 0 fully saturated rings. The van der Waals surface area contributed by atoms with Gasteiger partial charge in [0.2, 0.25) is 0 Å². The maximum Gasteiger partial charge on any atom is 0.122 e. The Hall–Kier alpha value is -2.79.